The number of esters is 1. The molecule has 0 amide bonds. The number of methoxy groups -OCH3 is 1. The van der Waals surface area contributed by atoms with Crippen LogP contribution in [-0.2, 0) is 47.4 Å². The van der Waals surface area contributed by atoms with Gasteiger partial charge in [0, 0.05) is 74.2 Å². The number of unbranched alkanes of at least 4 members (excludes halogenated alkanes) is 2. The molecule has 2 aliphatic rings. The van der Waals surface area contributed by atoms with Crippen molar-refractivity contribution >= 4 is 142 Å². The molecule has 0 aromatic heterocycles. The van der Waals surface area contributed by atoms with Crippen molar-refractivity contribution in [3.63, 3.8) is 0 Å². The van der Waals surface area contributed by atoms with Crippen molar-refractivity contribution in [3.8, 4) is 11.5 Å². The number of benzene rings is 2. The summed E-state index contributed by atoms with van der Waals surface area (Å²) in [6.45, 7) is 4.17. The van der Waals surface area contributed by atoms with Gasteiger partial charge in [-0.25, -0.2) is 17.6 Å². The second-order valence-corrected chi connectivity index (χ2v) is 23.9. The molecule has 14 nitrogen and oxygen atoms in total. The van der Waals surface area contributed by atoms with Crippen molar-refractivity contribution in [3.05, 3.63) is 45.7 Å². The smallest absolute Gasteiger partial charge is 0.380 e. The van der Waals surface area contributed by atoms with Gasteiger partial charge in [-0.15, -0.1) is 0 Å². The van der Waals surface area contributed by atoms with E-state index in [2.05, 4.69) is 140 Å². The zero-order valence-corrected chi connectivity index (χ0v) is 55.6. The summed E-state index contributed by atoms with van der Waals surface area (Å²) in [5.74, 6) is -22.7. The fourth-order valence-electron chi connectivity index (χ4n) is 6.16. The molecular formula is C47H62F12I6N2O12-2. The van der Waals surface area contributed by atoms with Crippen LogP contribution in [0, 0.1) is 21.4 Å². The summed E-state index contributed by atoms with van der Waals surface area (Å²) >= 11 is 12.6. The number of rotatable bonds is 31. The minimum absolute atomic E-state index is 0.0119. The Bertz CT molecular complexity index is 1890. The molecule has 2 unspecified atom stereocenters. The van der Waals surface area contributed by atoms with Crippen molar-refractivity contribution < 1.29 is 110 Å². The topological polar surface area (TPSA) is 153 Å². The van der Waals surface area contributed by atoms with Crippen LogP contribution >= 0.6 is 136 Å². The van der Waals surface area contributed by atoms with E-state index in [1.807, 2.05) is 36.1 Å². The first-order valence-corrected chi connectivity index (χ1v) is 30.4. The maximum Gasteiger partial charge on any atom is 0.380 e. The monoisotopic (exact) mass is 1840 g/mol. The van der Waals surface area contributed by atoms with Gasteiger partial charge in [0.2, 0.25) is 0 Å². The van der Waals surface area contributed by atoms with E-state index in [1.54, 1.807) is 12.0 Å². The van der Waals surface area contributed by atoms with Gasteiger partial charge in [-0.2, -0.15) is 35.1 Å². The third kappa shape index (κ3) is 31.7. The van der Waals surface area contributed by atoms with Crippen LogP contribution in [0.25, 0.3) is 0 Å². The minimum Gasteiger partial charge on any atom is -0.871 e. The molecule has 460 valence electrons. The second-order valence-electron chi connectivity index (χ2n) is 16.8. The van der Waals surface area contributed by atoms with Crippen LogP contribution in [0.15, 0.2) is 24.3 Å². The van der Waals surface area contributed by atoms with E-state index in [-0.39, 0.29) is 37.7 Å². The lowest BCUT2D eigenvalue weighted by Gasteiger charge is -2.33. The molecule has 0 spiro atoms. The van der Waals surface area contributed by atoms with Crippen molar-refractivity contribution in [2.75, 3.05) is 139 Å². The lowest BCUT2D eigenvalue weighted by molar-refractivity contribution is -0.346. The molecule has 0 radical (unpaired) electrons. The highest BCUT2D eigenvalue weighted by molar-refractivity contribution is 14.1. The molecule has 32 heteroatoms. The molecule has 0 N–H and O–H groups in total. The molecule has 0 bridgehead atoms. The molecule has 2 heterocycles. The van der Waals surface area contributed by atoms with Gasteiger partial charge in [-0.1, -0.05) is 31.3 Å². The van der Waals surface area contributed by atoms with Crippen LogP contribution in [0.3, 0.4) is 0 Å². The Labute approximate surface area is 533 Å². The summed E-state index contributed by atoms with van der Waals surface area (Å²) in [4.78, 5) is 15.7. The molecule has 0 aliphatic carbocycles. The van der Waals surface area contributed by atoms with Gasteiger partial charge in [0.1, 0.15) is 19.3 Å². The van der Waals surface area contributed by atoms with Crippen molar-refractivity contribution in [1.29, 1.82) is 0 Å². The number of alkyl halides is 12. The van der Waals surface area contributed by atoms with Gasteiger partial charge in [0.05, 0.1) is 85.4 Å². The van der Waals surface area contributed by atoms with Gasteiger partial charge in [-0.05, 0) is 166 Å². The third-order valence-electron chi connectivity index (χ3n) is 10.4. The van der Waals surface area contributed by atoms with E-state index in [9.17, 15) is 67.7 Å². The Morgan fingerprint density at radius 3 is 1.46 bits per heavy atom. The summed E-state index contributed by atoms with van der Waals surface area (Å²) in [7, 11) is 1.59. The maximum atomic E-state index is 13.6. The number of hydrogen-bond donors (Lipinski definition) is 0. The highest BCUT2D eigenvalue weighted by atomic mass is 127. The summed E-state index contributed by atoms with van der Waals surface area (Å²) in [6.07, 6.45) is -8.28. The van der Waals surface area contributed by atoms with E-state index >= 15 is 0 Å². The largest absolute Gasteiger partial charge is 0.871 e. The van der Waals surface area contributed by atoms with Crippen LogP contribution in [0.2, 0.25) is 0 Å². The quantitative estimate of drug-likeness (QED) is 0.0305. The molecule has 2 saturated heterocycles. The van der Waals surface area contributed by atoms with Gasteiger partial charge in [0.15, 0.2) is 0 Å². The summed E-state index contributed by atoms with van der Waals surface area (Å²) in [5.41, 5.74) is 0. The van der Waals surface area contributed by atoms with Gasteiger partial charge in [-0.3, -0.25) is 14.6 Å². The van der Waals surface area contributed by atoms with Crippen LogP contribution in [0.4, 0.5) is 52.7 Å². The normalized spacial score (nSPS) is 15.6. The lowest BCUT2D eigenvalue weighted by Crippen LogP contribution is -2.59. The molecule has 79 heavy (non-hydrogen) atoms. The zero-order chi connectivity index (χ0) is 59.8. The summed E-state index contributed by atoms with van der Waals surface area (Å²) in [6, 6.07) is 7.52. The van der Waals surface area contributed by atoms with Crippen LogP contribution in [0.5, 0.6) is 11.5 Å². The minimum atomic E-state index is -6.34. The number of ether oxygens (including phenoxy) is 9. The summed E-state index contributed by atoms with van der Waals surface area (Å²) in [5, 5.41) is 22.2. The first kappa shape index (κ1) is 77.7. The SMILES string of the molecule is CCCCCC(=O)OC(COCC(F)(F)C(F)(F)C(F)(F)C(F)F)CN1CCOCC1.COCCOCCOCCOC(COCC(F)(F)C(F)F)CN1CCOCC1.[O-]c1c(I)cc(I)cc1I.[O-]c1c(I)cc(I)cc1I. The fourth-order valence-corrected chi connectivity index (χ4v) is 13.3. The molecule has 4 rings (SSSR count). The Hall–Kier alpha value is 0.650. The first-order chi connectivity index (χ1) is 37.0. The van der Waals surface area contributed by atoms with Crippen molar-refractivity contribution in [2.24, 2.45) is 0 Å². The highest BCUT2D eigenvalue weighted by Gasteiger charge is 2.75. The van der Waals surface area contributed by atoms with Gasteiger partial charge in [0.25, 0.3) is 0 Å². The Morgan fingerprint density at radius 2 is 1.03 bits per heavy atom. The molecule has 2 fully saturated rings. The number of hydrogen-bond acceptors (Lipinski definition) is 14. The van der Waals surface area contributed by atoms with E-state index in [0.29, 0.717) is 98.6 Å². The van der Waals surface area contributed by atoms with Gasteiger partial charge < -0.3 is 52.8 Å². The lowest BCUT2D eigenvalue weighted by atomic mass is 10.1. The van der Waals surface area contributed by atoms with Crippen molar-refractivity contribution in [1.82, 2.24) is 9.80 Å². The van der Waals surface area contributed by atoms with Crippen LogP contribution in [-0.4, -0.2) is 203 Å². The maximum absolute atomic E-state index is 13.6. The molecule has 2 aromatic rings. The average Bonchev–Trinajstić information content (AvgIpc) is 3.39. The van der Waals surface area contributed by atoms with E-state index in [4.69, 9.17) is 37.9 Å². The van der Waals surface area contributed by atoms with E-state index < -0.39 is 74.5 Å². The Balaban J connectivity index is 0.000000586. The van der Waals surface area contributed by atoms with E-state index in [0.717, 1.165) is 34.3 Å². The van der Waals surface area contributed by atoms with Gasteiger partial charge >= 0.3 is 42.5 Å². The standard InChI is InChI=1S/C18H27F8NO4.C17H31F4NO6.2C6H3I3O/c1-2-3-4-5-14(28)31-13(10-27-6-8-29-9-7-27)11-30-12-16(21,22)18(25,26)17(23,24)15(19)20;1-23-6-7-25-8-9-26-10-11-28-15(12-22-2-4-24-5-3-22)13-27-14-17(20,21)16(18)19;2*7-3-1-4(8)6(10)5(9)2-3/h13,15H,2-12H2,1H3;15-16H,2-14H2,1H3;2*1-2,10H/p-2. The van der Waals surface area contributed by atoms with Crippen LogP contribution < -0.4 is 10.2 Å². The number of morpholine rings is 2. The second kappa shape index (κ2) is 41.7. The Morgan fingerprint density at radius 1 is 0.608 bits per heavy atom. The zero-order valence-electron chi connectivity index (χ0n) is 42.7. The number of carbonyl (C=O) groups excluding carboxylic acids is 1. The fraction of sp³-hybridized carbons (Fsp3) is 0.723. The number of halogens is 18. The highest BCUT2D eigenvalue weighted by Crippen LogP contribution is 2.48. The van der Waals surface area contributed by atoms with E-state index in [1.165, 1.54) is 0 Å². The summed E-state index contributed by atoms with van der Waals surface area (Å²) < 4.78 is 206. The molecular weight excluding hydrogens is 1770 g/mol. The number of nitrogens with zero attached hydrogens (tertiary/aromatic N) is 2. The Kier molecular flexibility index (Phi) is 41.0. The molecule has 2 aliphatic heterocycles. The predicted octanol–water partition coefficient (Wildman–Crippen LogP) is 10.4. The predicted molar refractivity (Wildman–Crippen MR) is 313 cm³/mol. The first-order valence-electron chi connectivity index (χ1n) is 23.9. The molecule has 0 saturated carbocycles. The van der Waals surface area contributed by atoms with Crippen molar-refractivity contribution in [2.45, 2.75) is 81.4 Å². The van der Waals surface area contributed by atoms with Crippen LogP contribution in [0.1, 0.15) is 32.6 Å². The average molecular weight is 1840 g/mol. The third-order valence-corrected chi connectivity index (χ3v) is 14.8. The molecule has 2 aromatic carbocycles. The molecule has 2 atom stereocenters. The number of carbonyl (C=O) groups is 1.